The van der Waals surface area contributed by atoms with E-state index in [1.807, 2.05) is 49.4 Å². The molecule has 28 heavy (non-hydrogen) atoms. The van der Waals surface area contributed by atoms with Gasteiger partial charge in [0, 0.05) is 5.69 Å². The fraction of sp³-hybridized carbons (Fsp3) is 0.318. The molecule has 0 saturated heterocycles. The summed E-state index contributed by atoms with van der Waals surface area (Å²) >= 11 is 0. The third-order valence-electron chi connectivity index (χ3n) is 4.56. The van der Waals surface area contributed by atoms with E-state index in [0.717, 1.165) is 17.7 Å². The van der Waals surface area contributed by atoms with E-state index in [1.165, 1.54) is 24.8 Å². The zero-order chi connectivity index (χ0) is 19.8. The lowest BCUT2D eigenvalue weighted by molar-refractivity contribution is 0.249. The Hall–Kier alpha value is -3.15. The lowest BCUT2D eigenvalue weighted by atomic mass is 10.1. The van der Waals surface area contributed by atoms with Gasteiger partial charge in [-0.2, -0.15) is 5.10 Å². The van der Waals surface area contributed by atoms with Crippen LogP contribution in [0.2, 0.25) is 0 Å². The Labute approximate surface area is 165 Å². The van der Waals surface area contributed by atoms with Crippen molar-refractivity contribution in [1.82, 2.24) is 20.5 Å². The van der Waals surface area contributed by atoms with Gasteiger partial charge in [-0.3, -0.25) is 5.10 Å². The van der Waals surface area contributed by atoms with Crippen molar-refractivity contribution in [3.05, 3.63) is 77.4 Å². The molecule has 1 atom stereocenters. The Balaban J connectivity index is 1.65. The van der Waals surface area contributed by atoms with Gasteiger partial charge in [-0.1, -0.05) is 62.2 Å². The molecule has 0 fully saturated rings. The van der Waals surface area contributed by atoms with E-state index in [0.29, 0.717) is 11.6 Å². The van der Waals surface area contributed by atoms with Gasteiger partial charge in [0.1, 0.15) is 11.9 Å². The number of aromatic amines is 1. The van der Waals surface area contributed by atoms with Crippen molar-refractivity contribution in [2.75, 3.05) is 5.32 Å². The molecule has 0 aliphatic heterocycles. The summed E-state index contributed by atoms with van der Waals surface area (Å²) in [6.07, 6.45) is 4.72. The number of nitrogens with zero attached hydrogens (tertiary/aromatic N) is 2. The molecule has 0 saturated carbocycles. The maximum atomic E-state index is 12.6. The number of nitrogens with one attached hydrogen (secondary N) is 3. The highest BCUT2D eigenvalue weighted by atomic mass is 16.2. The number of unbranched alkanes of at least 4 members (excludes halogenated alkanes) is 2. The fourth-order valence-corrected chi connectivity index (χ4v) is 3.06. The highest BCUT2D eigenvalue weighted by molar-refractivity contribution is 5.89. The van der Waals surface area contributed by atoms with E-state index < -0.39 is 6.04 Å². The second-order valence-electron chi connectivity index (χ2n) is 6.88. The average Bonchev–Trinajstić information content (AvgIpc) is 3.14. The number of carbonyl (C=O) groups excluding carboxylic acids is 1. The number of carbonyl (C=O) groups is 1. The highest BCUT2D eigenvalue weighted by Crippen LogP contribution is 2.19. The zero-order valence-corrected chi connectivity index (χ0v) is 16.4. The van der Waals surface area contributed by atoms with Crippen LogP contribution in [-0.2, 0) is 6.42 Å². The van der Waals surface area contributed by atoms with Gasteiger partial charge < -0.3 is 10.6 Å². The van der Waals surface area contributed by atoms with Crippen LogP contribution in [0.4, 0.5) is 10.5 Å². The van der Waals surface area contributed by atoms with Gasteiger partial charge in [-0.25, -0.2) is 9.78 Å². The molecule has 2 amide bonds. The first-order valence-electron chi connectivity index (χ1n) is 9.76. The number of hydrogen-bond acceptors (Lipinski definition) is 3. The first-order valence-corrected chi connectivity index (χ1v) is 9.76. The molecule has 6 heteroatoms. The number of amides is 2. The lowest BCUT2D eigenvalue weighted by Crippen LogP contribution is -2.33. The maximum absolute atomic E-state index is 12.6. The summed E-state index contributed by atoms with van der Waals surface area (Å²) in [5, 5.41) is 12.9. The average molecular weight is 377 g/mol. The first kappa shape index (κ1) is 19.6. The number of benzene rings is 2. The third kappa shape index (κ3) is 5.42. The second-order valence-corrected chi connectivity index (χ2v) is 6.88. The van der Waals surface area contributed by atoms with Crippen LogP contribution in [0.3, 0.4) is 0 Å². The Morgan fingerprint density at radius 1 is 1.07 bits per heavy atom. The molecule has 1 unspecified atom stereocenters. The summed E-state index contributed by atoms with van der Waals surface area (Å²) in [7, 11) is 0. The van der Waals surface area contributed by atoms with Gasteiger partial charge in [0.2, 0.25) is 0 Å². The monoisotopic (exact) mass is 377 g/mol. The molecule has 3 N–H and O–H groups in total. The van der Waals surface area contributed by atoms with Crippen molar-refractivity contribution >= 4 is 11.7 Å². The predicted octanol–water partition coefficient (Wildman–Crippen LogP) is 4.76. The van der Waals surface area contributed by atoms with Crippen LogP contribution in [0.5, 0.6) is 0 Å². The van der Waals surface area contributed by atoms with E-state index in [-0.39, 0.29) is 6.03 Å². The fourth-order valence-electron chi connectivity index (χ4n) is 3.06. The molecule has 1 heterocycles. The summed E-state index contributed by atoms with van der Waals surface area (Å²) in [6.45, 7) is 4.04. The number of H-pyrrole nitrogens is 1. The van der Waals surface area contributed by atoms with Gasteiger partial charge in [0.25, 0.3) is 0 Å². The maximum Gasteiger partial charge on any atom is 0.320 e. The quantitative estimate of drug-likeness (QED) is 0.495. The molecular formula is C22H27N5O. The molecule has 3 rings (SSSR count). The van der Waals surface area contributed by atoms with E-state index in [2.05, 4.69) is 44.9 Å². The SMILES string of the molecule is CCCCCc1ccc(NC(=O)NC(c2ccccc2)c2n[nH]c(C)n2)cc1. The number of urea groups is 1. The minimum atomic E-state index is -0.431. The van der Waals surface area contributed by atoms with Crippen LogP contribution in [0.15, 0.2) is 54.6 Å². The van der Waals surface area contributed by atoms with Crippen LogP contribution in [0.25, 0.3) is 0 Å². The van der Waals surface area contributed by atoms with Crippen molar-refractivity contribution in [2.45, 2.75) is 45.6 Å². The molecule has 6 nitrogen and oxygen atoms in total. The summed E-state index contributed by atoms with van der Waals surface area (Å²) in [6, 6.07) is 17.0. The van der Waals surface area contributed by atoms with Gasteiger partial charge in [0.15, 0.2) is 5.82 Å². The summed E-state index contributed by atoms with van der Waals surface area (Å²) in [5.74, 6) is 1.24. The van der Waals surface area contributed by atoms with Crippen molar-refractivity contribution in [3.8, 4) is 0 Å². The number of rotatable bonds is 8. The summed E-state index contributed by atoms with van der Waals surface area (Å²) in [5.41, 5.74) is 2.97. The van der Waals surface area contributed by atoms with Gasteiger partial charge in [0.05, 0.1) is 0 Å². The largest absolute Gasteiger partial charge is 0.324 e. The number of aryl methyl sites for hydroxylation is 2. The lowest BCUT2D eigenvalue weighted by Gasteiger charge is -2.17. The van der Waals surface area contributed by atoms with Crippen molar-refractivity contribution in [2.24, 2.45) is 0 Å². The van der Waals surface area contributed by atoms with Crippen molar-refractivity contribution in [1.29, 1.82) is 0 Å². The van der Waals surface area contributed by atoms with E-state index in [1.54, 1.807) is 0 Å². The Kier molecular flexibility index (Phi) is 6.78. The number of anilines is 1. The van der Waals surface area contributed by atoms with Crippen LogP contribution < -0.4 is 10.6 Å². The molecule has 0 bridgehead atoms. The van der Waals surface area contributed by atoms with Gasteiger partial charge in [-0.05, 0) is 43.0 Å². The number of aromatic nitrogens is 3. The third-order valence-corrected chi connectivity index (χ3v) is 4.56. The minimum Gasteiger partial charge on any atom is -0.324 e. The van der Waals surface area contributed by atoms with Gasteiger partial charge >= 0.3 is 6.03 Å². The Bertz CT molecular complexity index is 873. The Morgan fingerprint density at radius 3 is 2.46 bits per heavy atom. The van der Waals surface area contributed by atoms with Crippen LogP contribution in [0.1, 0.15) is 55.0 Å². The zero-order valence-electron chi connectivity index (χ0n) is 16.4. The molecular weight excluding hydrogens is 350 g/mol. The predicted molar refractivity (Wildman–Crippen MR) is 111 cm³/mol. The summed E-state index contributed by atoms with van der Waals surface area (Å²) < 4.78 is 0. The van der Waals surface area contributed by atoms with Crippen LogP contribution in [0, 0.1) is 6.92 Å². The number of hydrogen-bond donors (Lipinski definition) is 3. The molecule has 0 aliphatic rings. The second kappa shape index (κ2) is 9.69. The molecule has 146 valence electrons. The van der Waals surface area contributed by atoms with Gasteiger partial charge in [-0.15, -0.1) is 0 Å². The van der Waals surface area contributed by atoms with Crippen LogP contribution >= 0.6 is 0 Å². The molecule has 3 aromatic rings. The van der Waals surface area contributed by atoms with E-state index in [9.17, 15) is 4.79 Å². The Morgan fingerprint density at radius 2 is 1.82 bits per heavy atom. The van der Waals surface area contributed by atoms with Crippen LogP contribution in [-0.4, -0.2) is 21.2 Å². The van der Waals surface area contributed by atoms with Crippen molar-refractivity contribution in [3.63, 3.8) is 0 Å². The first-order chi connectivity index (χ1) is 13.7. The smallest absolute Gasteiger partial charge is 0.320 e. The molecule has 0 aliphatic carbocycles. The van der Waals surface area contributed by atoms with E-state index >= 15 is 0 Å². The molecule has 2 aromatic carbocycles. The van der Waals surface area contributed by atoms with Crippen molar-refractivity contribution < 1.29 is 4.79 Å². The molecule has 1 aromatic heterocycles. The molecule has 0 radical (unpaired) electrons. The highest BCUT2D eigenvalue weighted by Gasteiger charge is 2.20. The minimum absolute atomic E-state index is 0.296. The topological polar surface area (TPSA) is 82.7 Å². The molecule has 0 spiro atoms. The normalized spacial score (nSPS) is 11.8. The standard InChI is InChI=1S/C22H27N5O/c1-3-4-6-9-17-12-14-19(15-13-17)24-22(28)25-20(18-10-7-5-8-11-18)21-23-16(2)26-27-21/h5,7-8,10-15,20H,3-4,6,9H2,1-2H3,(H,23,26,27)(H2,24,25,28). The van der Waals surface area contributed by atoms with E-state index in [4.69, 9.17) is 0 Å². The summed E-state index contributed by atoms with van der Waals surface area (Å²) in [4.78, 5) is 17.0.